The molecule has 20 N–H and O–H groups in total. The Kier molecular flexibility index (Phi) is 34.2. The van der Waals surface area contributed by atoms with E-state index in [1.165, 1.54) is 4.90 Å². The lowest BCUT2D eigenvalue weighted by Gasteiger charge is -2.27. The Morgan fingerprint density at radius 2 is 0.915 bits per heavy atom. The van der Waals surface area contributed by atoms with Crippen molar-refractivity contribution in [3.05, 3.63) is 36.0 Å². The van der Waals surface area contributed by atoms with Gasteiger partial charge in [0.05, 0.1) is 84.6 Å². The number of nitrogens with one attached hydrogen (secondary N) is 17. The van der Waals surface area contributed by atoms with Gasteiger partial charge in [-0.3, -0.25) is 76.7 Å². The third-order valence-corrected chi connectivity index (χ3v) is 14.0. The van der Waals surface area contributed by atoms with Gasteiger partial charge in [-0.1, -0.05) is 45.9 Å². The Balaban J connectivity index is 1.28. The van der Waals surface area contributed by atoms with Gasteiger partial charge in [-0.15, -0.1) is 0 Å². The van der Waals surface area contributed by atoms with Crippen molar-refractivity contribution < 1.29 is 86.6 Å². The first-order valence-electron chi connectivity index (χ1n) is 30.2. The van der Waals surface area contributed by atoms with Crippen LogP contribution in [-0.2, 0) is 87.9 Å². The maximum absolute atomic E-state index is 13.4. The van der Waals surface area contributed by atoms with Gasteiger partial charge in [-0.2, -0.15) is 0 Å². The zero-order valence-corrected chi connectivity index (χ0v) is 53.0. The van der Waals surface area contributed by atoms with E-state index < -0.39 is 221 Å². The normalized spacial score (nSPS) is 13.7. The summed E-state index contributed by atoms with van der Waals surface area (Å²) in [6.07, 6.45) is 4.00. The number of nitrogens with two attached hydrogens (primary N) is 1. The summed E-state index contributed by atoms with van der Waals surface area (Å²) in [5, 5.41) is 48.1. The van der Waals surface area contributed by atoms with E-state index >= 15 is 0 Å². The van der Waals surface area contributed by atoms with Crippen molar-refractivity contribution in [3.63, 3.8) is 0 Å². The van der Waals surface area contributed by atoms with E-state index in [2.05, 4.69) is 90.1 Å². The van der Waals surface area contributed by atoms with Crippen LogP contribution >= 0.6 is 0 Å². The molecule has 94 heavy (non-hydrogen) atoms. The first kappa shape index (κ1) is 77.9. The lowest BCUT2D eigenvalue weighted by atomic mass is 9.99. The second-order valence-corrected chi connectivity index (χ2v) is 22.1. The van der Waals surface area contributed by atoms with Crippen LogP contribution < -0.4 is 90.8 Å². The third kappa shape index (κ3) is 29.3. The number of aromatic nitrogens is 1. The molecule has 1 aromatic carbocycles. The van der Waals surface area contributed by atoms with E-state index in [0.29, 0.717) is 32.2 Å². The number of carbonyl (C=O) groups is 17. The van der Waals surface area contributed by atoms with Gasteiger partial charge in [0, 0.05) is 23.6 Å². The van der Waals surface area contributed by atoms with Crippen LogP contribution in [0, 0.1) is 11.8 Å². The highest BCUT2D eigenvalue weighted by atomic mass is 16.4. The summed E-state index contributed by atoms with van der Waals surface area (Å²) in [7, 11) is 1.62. The molecular formula is C57H87N19O18. The number of amides is 16. The number of para-hydroxylation sites is 1. The Labute approximate surface area is 540 Å². The van der Waals surface area contributed by atoms with Gasteiger partial charge in [0.1, 0.15) is 24.2 Å². The van der Waals surface area contributed by atoms with Crippen LogP contribution in [0.25, 0.3) is 10.9 Å². The molecule has 37 nitrogen and oxygen atoms in total. The number of H-pyrrole nitrogens is 1. The highest BCUT2D eigenvalue weighted by Crippen LogP contribution is 2.20. The predicted octanol–water partition coefficient (Wildman–Crippen LogP) is -9.34. The van der Waals surface area contributed by atoms with Crippen LogP contribution in [0.4, 0.5) is 0 Å². The van der Waals surface area contributed by atoms with Gasteiger partial charge in [-0.05, 0) is 75.6 Å². The number of benzene rings is 1. The highest BCUT2D eigenvalue weighted by Gasteiger charge is 2.35. The molecule has 1 aromatic heterocycles. The van der Waals surface area contributed by atoms with Gasteiger partial charge in [-0.25, -0.2) is 4.79 Å². The quantitative estimate of drug-likeness (QED) is 0.0275. The molecular weight excluding hydrogens is 1240 g/mol. The van der Waals surface area contributed by atoms with Crippen molar-refractivity contribution in [2.24, 2.45) is 17.6 Å². The number of aromatic amines is 1. The first-order chi connectivity index (χ1) is 44.6. The van der Waals surface area contributed by atoms with E-state index in [1.807, 2.05) is 30.5 Å². The van der Waals surface area contributed by atoms with Crippen molar-refractivity contribution in [1.29, 1.82) is 0 Å². The number of hydrogen-bond acceptors (Lipinski definition) is 19. The van der Waals surface area contributed by atoms with Crippen molar-refractivity contribution in [3.8, 4) is 0 Å². The molecule has 1 saturated heterocycles. The standard InChI is InChI=1S/C57H87N19O18/c1-31(2)51(55(91)72-27-47(85)65-21-41(79)62-19-39(77)61-20-40(78)63-22-42(80)67-28-48(86)73-36(57(93)94)13-8-9-15-58)75-56(92)52(32(3)4)74-49(87)29-68-43(81)23-64-46(84)26-71-54(90)38-14-10-16-76(38)50(88)30-69-44(82)24-66-45(83)25-70-53(89)37(59-5)17-33-18-60-35-12-7-6-11-34(33)35/h6-7,11-12,18,31-32,36-38,51-52,59-60H,8-10,13-17,19-30,58H2,1-5H3,(H,61,77)(H,62,79)(H,63,78)(H,64,84)(H,65,85)(H,66,83)(H,67,80)(H,68,81)(H,69,82)(H,70,89)(H,71,90)(H,72,91)(H,73,86)(H,74,87)(H,75,92)(H,93,94)/t36-,37-,38-,51-,52-/m0/s1. The molecule has 1 aliphatic heterocycles. The minimum absolute atomic E-state index is 0.138. The van der Waals surface area contributed by atoms with Crippen molar-refractivity contribution >= 4 is 111 Å². The number of hydrogen-bond donors (Lipinski definition) is 19. The smallest absolute Gasteiger partial charge is 0.326 e. The summed E-state index contributed by atoms with van der Waals surface area (Å²) < 4.78 is 0. The van der Waals surface area contributed by atoms with Gasteiger partial charge >= 0.3 is 5.97 Å². The molecule has 0 spiro atoms. The molecule has 2 aromatic rings. The maximum atomic E-state index is 13.4. The van der Waals surface area contributed by atoms with Crippen LogP contribution in [0.5, 0.6) is 0 Å². The van der Waals surface area contributed by atoms with Crippen molar-refractivity contribution in [2.45, 2.75) is 96.4 Å². The third-order valence-electron chi connectivity index (χ3n) is 14.0. The van der Waals surface area contributed by atoms with Gasteiger partial charge < -0.3 is 106 Å². The molecule has 0 bridgehead atoms. The number of likely N-dealkylation sites (N-methyl/N-ethyl adjacent to an activating group) is 1. The highest BCUT2D eigenvalue weighted by molar-refractivity contribution is 5.98. The summed E-state index contributed by atoms with van der Waals surface area (Å²) in [5.41, 5.74) is 7.22. The zero-order chi connectivity index (χ0) is 69.9. The lowest BCUT2D eigenvalue weighted by Crippen LogP contribution is -2.58. The summed E-state index contributed by atoms with van der Waals surface area (Å²) >= 11 is 0. The van der Waals surface area contributed by atoms with Crippen LogP contribution in [0.2, 0.25) is 0 Å². The molecule has 518 valence electrons. The zero-order valence-electron chi connectivity index (χ0n) is 53.0. The second kappa shape index (κ2) is 41.2. The fourth-order valence-corrected chi connectivity index (χ4v) is 8.84. The molecule has 16 amide bonds. The largest absolute Gasteiger partial charge is 0.480 e. The molecule has 0 saturated carbocycles. The summed E-state index contributed by atoms with van der Waals surface area (Å²) in [4.78, 5) is 217. The average Bonchev–Trinajstić information content (AvgIpc) is 1.69. The molecule has 5 atom stereocenters. The van der Waals surface area contributed by atoms with Crippen LogP contribution in [0.3, 0.4) is 0 Å². The Morgan fingerprint density at radius 1 is 0.500 bits per heavy atom. The van der Waals surface area contributed by atoms with Crippen LogP contribution in [0.1, 0.15) is 65.4 Å². The molecule has 0 aliphatic carbocycles. The number of aliphatic carboxylic acids is 1. The van der Waals surface area contributed by atoms with E-state index in [4.69, 9.17) is 5.73 Å². The van der Waals surface area contributed by atoms with E-state index in [1.54, 1.807) is 34.7 Å². The lowest BCUT2D eigenvalue weighted by molar-refractivity contribution is -0.142. The average molecular weight is 1330 g/mol. The molecule has 2 heterocycles. The number of likely N-dealkylation sites (tertiary alicyclic amines) is 1. The minimum atomic E-state index is -1.26. The number of carboxylic acid groups (broad SMARTS) is 1. The Morgan fingerprint density at radius 3 is 1.37 bits per heavy atom. The van der Waals surface area contributed by atoms with Crippen molar-refractivity contribution in [1.82, 2.24) is 95.0 Å². The number of unbranched alkanes of at least 4 members (excludes halogenated alkanes) is 1. The van der Waals surface area contributed by atoms with Crippen LogP contribution in [-0.4, -0.2) is 244 Å². The number of rotatable bonds is 41. The first-order valence-corrected chi connectivity index (χ1v) is 30.2. The van der Waals surface area contributed by atoms with Crippen molar-refractivity contribution in [2.75, 3.05) is 98.7 Å². The predicted molar refractivity (Wildman–Crippen MR) is 332 cm³/mol. The minimum Gasteiger partial charge on any atom is -0.480 e. The van der Waals surface area contributed by atoms with Gasteiger partial charge in [0.2, 0.25) is 94.5 Å². The fourth-order valence-electron chi connectivity index (χ4n) is 8.84. The SMILES string of the molecule is CN[C@@H](Cc1c[nH]c2ccccc12)C(=O)NCC(=O)NCC(=O)NCC(=O)N1CCC[C@H]1C(=O)NCC(=O)NCC(=O)NCC(=O)N[C@H](C(=O)N[C@H](C(=O)NCC(=O)NCC(=O)NCC(=O)NCC(=O)NCC(=O)NCC(=O)N[C@@H](CCCCN)C(=O)O)C(C)C)C(C)C. The number of fused-ring (bicyclic) bond motifs is 1. The monoisotopic (exact) mass is 1330 g/mol. The molecule has 1 fully saturated rings. The second-order valence-electron chi connectivity index (χ2n) is 22.1. The molecule has 3 rings (SSSR count). The Hall–Kier alpha value is -10.3. The molecule has 0 unspecified atom stereocenters. The number of carboxylic acids is 1. The van der Waals surface area contributed by atoms with Crippen LogP contribution in [0.15, 0.2) is 30.5 Å². The molecule has 37 heteroatoms. The number of nitrogens with zero attached hydrogens (tertiary/aromatic N) is 1. The van der Waals surface area contributed by atoms with E-state index in [9.17, 15) is 86.6 Å². The number of carbonyl (C=O) groups excluding carboxylic acids is 16. The Bertz CT molecular complexity index is 3050. The molecule has 1 aliphatic rings. The van der Waals surface area contributed by atoms with E-state index in [0.717, 1.165) is 16.5 Å². The van der Waals surface area contributed by atoms with Gasteiger partial charge in [0.15, 0.2) is 0 Å². The summed E-state index contributed by atoms with van der Waals surface area (Å²) in [5.74, 6) is -14.3. The van der Waals surface area contributed by atoms with Gasteiger partial charge in [0.25, 0.3) is 0 Å². The topological polar surface area (TPSA) is 548 Å². The summed E-state index contributed by atoms with van der Waals surface area (Å²) in [6.45, 7) is -0.0487. The maximum Gasteiger partial charge on any atom is 0.326 e. The summed E-state index contributed by atoms with van der Waals surface area (Å²) in [6, 6.07) is 2.35. The molecule has 0 radical (unpaired) electrons. The fraction of sp³-hybridized carbons (Fsp3) is 0.561. The van der Waals surface area contributed by atoms with E-state index in [-0.39, 0.29) is 19.4 Å².